The van der Waals surface area contributed by atoms with E-state index in [1.807, 2.05) is 19.2 Å². The predicted molar refractivity (Wildman–Crippen MR) is 84.5 cm³/mol. The van der Waals surface area contributed by atoms with Crippen LogP contribution >= 0.6 is 11.3 Å². The Bertz CT molecular complexity index is 602. The molecule has 0 saturated carbocycles. The molecule has 0 bridgehead atoms. The molecule has 0 atom stereocenters. The van der Waals surface area contributed by atoms with Gasteiger partial charge in [-0.05, 0) is 12.8 Å². The largest absolute Gasteiger partial charge is 0.359 e. The van der Waals surface area contributed by atoms with Crippen LogP contribution in [-0.2, 0) is 13.1 Å². The number of guanidine groups is 1. The molecule has 0 aliphatic heterocycles. The second-order valence-electron chi connectivity index (χ2n) is 5.02. The van der Waals surface area contributed by atoms with Crippen molar-refractivity contribution in [3.8, 4) is 0 Å². The molecule has 0 spiro atoms. The Morgan fingerprint density at radius 1 is 1.38 bits per heavy atom. The van der Waals surface area contributed by atoms with Crippen LogP contribution in [0.5, 0.6) is 0 Å². The number of aryl methyl sites for hydroxylation is 1. The molecule has 0 aliphatic rings. The molecule has 114 valence electrons. The Morgan fingerprint density at radius 3 is 2.71 bits per heavy atom. The summed E-state index contributed by atoms with van der Waals surface area (Å²) in [7, 11) is 1.74. The first kappa shape index (κ1) is 15.5. The molecule has 0 aromatic carbocycles. The third kappa shape index (κ3) is 4.56. The van der Waals surface area contributed by atoms with Gasteiger partial charge in [-0.1, -0.05) is 19.0 Å². The first-order chi connectivity index (χ1) is 10.1. The van der Waals surface area contributed by atoms with Gasteiger partial charge in [0.1, 0.15) is 5.01 Å². The smallest absolute Gasteiger partial charge is 0.191 e. The molecular weight excluding hydrogens is 286 g/mol. The standard InChI is InChI=1S/C14H21N5OS/c1-9(2)12-5-11(20-19-12)7-17-14(15-4)18-8-13-16-6-10(3)21-13/h5-6,9H,7-8H2,1-4H3,(H2,15,17,18). The van der Waals surface area contributed by atoms with E-state index in [1.54, 1.807) is 18.4 Å². The number of hydrogen-bond acceptors (Lipinski definition) is 5. The molecule has 2 rings (SSSR count). The maximum atomic E-state index is 5.28. The fourth-order valence-corrected chi connectivity index (χ4v) is 2.45. The summed E-state index contributed by atoms with van der Waals surface area (Å²) < 4.78 is 5.28. The normalized spacial score (nSPS) is 12.0. The van der Waals surface area contributed by atoms with Crippen molar-refractivity contribution in [2.24, 2.45) is 4.99 Å². The van der Waals surface area contributed by atoms with Gasteiger partial charge in [0.2, 0.25) is 0 Å². The second-order valence-corrected chi connectivity index (χ2v) is 6.34. The number of hydrogen-bond donors (Lipinski definition) is 2. The van der Waals surface area contributed by atoms with E-state index < -0.39 is 0 Å². The molecular formula is C14H21N5OS. The van der Waals surface area contributed by atoms with E-state index in [-0.39, 0.29) is 0 Å². The van der Waals surface area contributed by atoms with E-state index in [1.165, 1.54) is 4.88 Å². The molecule has 0 unspecified atom stereocenters. The van der Waals surface area contributed by atoms with Crippen LogP contribution in [0.15, 0.2) is 21.8 Å². The average Bonchev–Trinajstić information content (AvgIpc) is 3.08. The summed E-state index contributed by atoms with van der Waals surface area (Å²) in [6.07, 6.45) is 1.87. The average molecular weight is 307 g/mol. The molecule has 0 amide bonds. The Hall–Kier alpha value is -1.89. The topological polar surface area (TPSA) is 75.3 Å². The summed E-state index contributed by atoms with van der Waals surface area (Å²) in [6, 6.07) is 1.97. The molecule has 0 saturated heterocycles. The Balaban J connectivity index is 1.82. The molecule has 2 N–H and O–H groups in total. The first-order valence-corrected chi connectivity index (χ1v) is 7.71. The van der Waals surface area contributed by atoms with Gasteiger partial charge in [0.25, 0.3) is 0 Å². The van der Waals surface area contributed by atoms with Gasteiger partial charge in [-0.15, -0.1) is 11.3 Å². The van der Waals surface area contributed by atoms with Crippen LogP contribution < -0.4 is 10.6 Å². The van der Waals surface area contributed by atoms with E-state index in [0.29, 0.717) is 25.0 Å². The summed E-state index contributed by atoms with van der Waals surface area (Å²) in [5.74, 6) is 1.88. The Kier molecular flexibility index (Phi) is 5.32. The minimum absolute atomic E-state index is 0.369. The van der Waals surface area contributed by atoms with Gasteiger partial charge in [-0.3, -0.25) is 4.99 Å². The fourth-order valence-electron chi connectivity index (χ4n) is 1.72. The monoisotopic (exact) mass is 307 g/mol. The molecule has 6 nitrogen and oxygen atoms in total. The van der Waals surface area contributed by atoms with E-state index in [4.69, 9.17) is 4.52 Å². The second kappa shape index (κ2) is 7.21. The van der Waals surface area contributed by atoms with E-state index in [0.717, 1.165) is 16.5 Å². The van der Waals surface area contributed by atoms with Gasteiger partial charge in [0.15, 0.2) is 11.7 Å². The molecule has 2 aromatic rings. The lowest BCUT2D eigenvalue weighted by atomic mass is 10.1. The number of nitrogens with one attached hydrogen (secondary N) is 2. The van der Waals surface area contributed by atoms with Crippen LogP contribution in [0.4, 0.5) is 0 Å². The zero-order valence-corrected chi connectivity index (χ0v) is 13.6. The molecule has 7 heteroatoms. The summed E-state index contributed by atoms with van der Waals surface area (Å²) in [6.45, 7) is 7.43. The van der Waals surface area contributed by atoms with Crippen LogP contribution in [0.3, 0.4) is 0 Å². The highest BCUT2D eigenvalue weighted by molar-refractivity contribution is 7.11. The lowest BCUT2D eigenvalue weighted by Gasteiger charge is -2.09. The van der Waals surface area contributed by atoms with Crippen molar-refractivity contribution >= 4 is 17.3 Å². The number of rotatable bonds is 5. The predicted octanol–water partition coefficient (Wildman–Crippen LogP) is 2.43. The van der Waals surface area contributed by atoms with Crippen LogP contribution in [0.25, 0.3) is 0 Å². The molecule has 0 radical (unpaired) electrons. The van der Waals surface area contributed by atoms with Gasteiger partial charge >= 0.3 is 0 Å². The van der Waals surface area contributed by atoms with Gasteiger partial charge in [-0.25, -0.2) is 4.98 Å². The van der Waals surface area contributed by atoms with E-state index in [9.17, 15) is 0 Å². The number of aliphatic imine (C=N–C) groups is 1. The van der Waals surface area contributed by atoms with Crippen LogP contribution in [0.2, 0.25) is 0 Å². The third-order valence-electron chi connectivity index (χ3n) is 2.90. The highest BCUT2D eigenvalue weighted by Gasteiger charge is 2.08. The SMILES string of the molecule is CN=C(NCc1cc(C(C)C)no1)NCc1ncc(C)s1. The highest BCUT2D eigenvalue weighted by Crippen LogP contribution is 2.13. The number of aromatic nitrogens is 2. The summed E-state index contributed by atoms with van der Waals surface area (Å²) >= 11 is 1.68. The minimum atomic E-state index is 0.369. The minimum Gasteiger partial charge on any atom is -0.359 e. The van der Waals surface area contributed by atoms with Gasteiger partial charge in [0.05, 0.1) is 18.8 Å². The number of nitrogens with zero attached hydrogens (tertiary/aromatic N) is 3. The zero-order valence-electron chi connectivity index (χ0n) is 12.8. The van der Waals surface area contributed by atoms with Crippen molar-refractivity contribution < 1.29 is 4.52 Å². The van der Waals surface area contributed by atoms with Gasteiger partial charge in [-0.2, -0.15) is 0 Å². The zero-order chi connectivity index (χ0) is 15.2. The molecule has 2 aromatic heterocycles. The van der Waals surface area contributed by atoms with Crippen molar-refractivity contribution in [3.63, 3.8) is 0 Å². The molecule has 0 fully saturated rings. The maximum absolute atomic E-state index is 5.28. The van der Waals surface area contributed by atoms with Gasteiger partial charge in [0, 0.05) is 24.2 Å². The van der Waals surface area contributed by atoms with Crippen molar-refractivity contribution in [2.75, 3.05) is 7.05 Å². The first-order valence-electron chi connectivity index (χ1n) is 6.89. The summed E-state index contributed by atoms with van der Waals surface area (Å²) in [4.78, 5) is 9.69. The van der Waals surface area contributed by atoms with Gasteiger partial charge < -0.3 is 15.2 Å². The molecule has 2 heterocycles. The van der Waals surface area contributed by atoms with E-state index in [2.05, 4.69) is 39.6 Å². The van der Waals surface area contributed by atoms with Crippen molar-refractivity contribution in [1.82, 2.24) is 20.8 Å². The summed E-state index contributed by atoms with van der Waals surface area (Å²) in [5, 5.41) is 11.5. The molecule has 21 heavy (non-hydrogen) atoms. The fraction of sp³-hybridized carbons (Fsp3) is 0.500. The van der Waals surface area contributed by atoms with Crippen molar-refractivity contribution in [3.05, 3.63) is 33.6 Å². The Morgan fingerprint density at radius 2 is 2.14 bits per heavy atom. The van der Waals surface area contributed by atoms with Crippen LogP contribution in [0, 0.1) is 6.92 Å². The third-order valence-corrected chi connectivity index (χ3v) is 3.81. The van der Waals surface area contributed by atoms with Crippen LogP contribution in [0.1, 0.15) is 41.1 Å². The van der Waals surface area contributed by atoms with Crippen LogP contribution in [-0.4, -0.2) is 23.1 Å². The number of thiazole rings is 1. The lowest BCUT2D eigenvalue weighted by Crippen LogP contribution is -2.36. The quantitative estimate of drug-likeness (QED) is 0.655. The van der Waals surface area contributed by atoms with E-state index >= 15 is 0 Å². The van der Waals surface area contributed by atoms with Crippen molar-refractivity contribution in [2.45, 2.75) is 39.8 Å². The maximum Gasteiger partial charge on any atom is 0.191 e. The Labute approximate surface area is 128 Å². The van der Waals surface area contributed by atoms with Crippen molar-refractivity contribution in [1.29, 1.82) is 0 Å². The lowest BCUT2D eigenvalue weighted by molar-refractivity contribution is 0.372. The highest BCUT2D eigenvalue weighted by atomic mass is 32.1. The molecule has 0 aliphatic carbocycles. The summed E-state index contributed by atoms with van der Waals surface area (Å²) in [5.41, 5.74) is 0.966.